The summed E-state index contributed by atoms with van der Waals surface area (Å²) < 4.78 is 0. The minimum atomic E-state index is -0.333. The van der Waals surface area contributed by atoms with Gasteiger partial charge >= 0.3 is 0 Å². The molecule has 0 amide bonds. The zero-order valence-corrected chi connectivity index (χ0v) is 11.1. The Kier molecular flexibility index (Phi) is 2.94. The molecule has 0 unspecified atom stereocenters. The van der Waals surface area contributed by atoms with Gasteiger partial charge in [-0.1, -0.05) is 42.3 Å². The zero-order chi connectivity index (χ0) is 13.3. The van der Waals surface area contributed by atoms with Gasteiger partial charge in [-0.25, -0.2) is 0 Å². The summed E-state index contributed by atoms with van der Waals surface area (Å²) in [6.45, 7) is 2.07. The van der Waals surface area contributed by atoms with Gasteiger partial charge in [0.2, 0.25) is 0 Å². The Bertz CT molecular complexity index is 600. The van der Waals surface area contributed by atoms with Gasteiger partial charge in [0.25, 0.3) is 0 Å². The first kappa shape index (κ1) is 12.1. The van der Waals surface area contributed by atoms with Crippen LogP contribution in [0.25, 0.3) is 0 Å². The second-order valence-corrected chi connectivity index (χ2v) is 5.35. The van der Waals surface area contributed by atoms with Crippen molar-refractivity contribution in [2.24, 2.45) is 0 Å². The van der Waals surface area contributed by atoms with E-state index in [1.165, 1.54) is 5.56 Å². The number of carbonyl (C=O) groups is 1. The molecule has 1 heterocycles. The average molecular weight is 251 g/mol. The molecule has 1 aliphatic carbocycles. The van der Waals surface area contributed by atoms with Crippen molar-refractivity contribution in [2.45, 2.75) is 31.6 Å². The molecule has 0 bridgehead atoms. The standard InChI is InChI=1S/C17H17NO/c1-13-6-4-7-14(12-13)17(9-5-10-17)16(19)15-8-2-3-11-18-15/h2-4,6-8,11-12H,5,9-10H2,1H3. The van der Waals surface area contributed by atoms with Crippen LogP contribution in [0.3, 0.4) is 0 Å². The lowest BCUT2D eigenvalue weighted by atomic mass is 9.61. The van der Waals surface area contributed by atoms with E-state index in [-0.39, 0.29) is 11.2 Å². The van der Waals surface area contributed by atoms with Gasteiger partial charge in [0.1, 0.15) is 5.69 Å². The van der Waals surface area contributed by atoms with Crippen LogP contribution in [0.4, 0.5) is 0 Å². The predicted octanol–water partition coefficient (Wildman–Crippen LogP) is 3.69. The van der Waals surface area contributed by atoms with Crippen LogP contribution in [0.2, 0.25) is 0 Å². The normalized spacial score (nSPS) is 16.7. The van der Waals surface area contributed by atoms with Gasteiger partial charge in [0.05, 0.1) is 5.41 Å². The Morgan fingerprint density at radius 2 is 2.00 bits per heavy atom. The second kappa shape index (κ2) is 4.61. The topological polar surface area (TPSA) is 30.0 Å². The van der Waals surface area contributed by atoms with Gasteiger partial charge in [0.15, 0.2) is 5.78 Å². The number of ketones is 1. The quantitative estimate of drug-likeness (QED) is 0.779. The number of rotatable bonds is 3. The number of pyridine rings is 1. The summed E-state index contributed by atoms with van der Waals surface area (Å²) in [6.07, 6.45) is 4.68. The molecule has 1 aromatic carbocycles. The lowest BCUT2D eigenvalue weighted by Gasteiger charge is -2.40. The van der Waals surface area contributed by atoms with Crippen molar-refractivity contribution in [3.05, 3.63) is 65.5 Å². The molecule has 0 spiro atoms. The van der Waals surface area contributed by atoms with Crippen LogP contribution in [-0.4, -0.2) is 10.8 Å². The van der Waals surface area contributed by atoms with Gasteiger partial charge in [-0.3, -0.25) is 9.78 Å². The van der Waals surface area contributed by atoms with Gasteiger partial charge in [0, 0.05) is 6.20 Å². The van der Waals surface area contributed by atoms with Crippen LogP contribution in [0.15, 0.2) is 48.7 Å². The molecule has 0 atom stereocenters. The molecule has 3 rings (SSSR count). The van der Waals surface area contributed by atoms with Crippen LogP contribution < -0.4 is 0 Å². The number of aromatic nitrogens is 1. The maximum atomic E-state index is 12.8. The summed E-state index contributed by atoms with van der Waals surface area (Å²) in [4.78, 5) is 17.0. The molecule has 0 saturated heterocycles. The number of Topliss-reactive ketones (excluding diaryl/α,β-unsaturated/α-hetero) is 1. The summed E-state index contributed by atoms with van der Waals surface area (Å²) >= 11 is 0. The van der Waals surface area contributed by atoms with Crippen molar-refractivity contribution in [1.82, 2.24) is 4.98 Å². The van der Waals surface area contributed by atoms with Crippen molar-refractivity contribution in [3.8, 4) is 0 Å². The number of hydrogen-bond acceptors (Lipinski definition) is 2. The van der Waals surface area contributed by atoms with Crippen LogP contribution in [0, 0.1) is 6.92 Å². The Balaban J connectivity index is 2.02. The number of benzene rings is 1. The lowest BCUT2D eigenvalue weighted by Crippen LogP contribution is -2.42. The zero-order valence-electron chi connectivity index (χ0n) is 11.1. The minimum Gasteiger partial charge on any atom is -0.291 e. The van der Waals surface area contributed by atoms with Crippen molar-refractivity contribution in [3.63, 3.8) is 0 Å². The third-order valence-corrected chi connectivity index (χ3v) is 4.11. The molecule has 1 fully saturated rings. The van der Waals surface area contributed by atoms with Crippen LogP contribution in [-0.2, 0) is 5.41 Å². The number of nitrogens with zero attached hydrogens (tertiary/aromatic N) is 1. The molecular weight excluding hydrogens is 234 g/mol. The fraction of sp³-hybridized carbons (Fsp3) is 0.294. The van der Waals surface area contributed by atoms with E-state index in [1.807, 2.05) is 24.3 Å². The summed E-state index contributed by atoms with van der Waals surface area (Å²) in [5.41, 5.74) is 2.61. The first-order chi connectivity index (χ1) is 9.22. The lowest BCUT2D eigenvalue weighted by molar-refractivity contribution is 0.0783. The molecular formula is C17H17NO. The first-order valence-electron chi connectivity index (χ1n) is 6.75. The molecule has 96 valence electrons. The number of aryl methyl sites for hydroxylation is 1. The summed E-state index contributed by atoms with van der Waals surface area (Å²) in [6, 6.07) is 13.9. The Labute approximate surface area is 113 Å². The monoisotopic (exact) mass is 251 g/mol. The van der Waals surface area contributed by atoms with Crippen LogP contribution in [0.1, 0.15) is 40.9 Å². The molecule has 19 heavy (non-hydrogen) atoms. The fourth-order valence-corrected chi connectivity index (χ4v) is 2.86. The molecule has 2 nitrogen and oxygen atoms in total. The molecule has 1 aliphatic rings. The predicted molar refractivity (Wildman–Crippen MR) is 75.3 cm³/mol. The summed E-state index contributed by atoms with van der Waals surface area (Å²) in [5, 5.41) is 0. The smallest absolute Gasteiger partial charge is 0.191 e. The van der Waals surface area contributed by atoms with Crippen molar-refractivity contribution >= 4 is 5.78 Å². The highest BCUT2D eigenvalue weighted by molar-refractivity contribution is 6.03. The second-order valence-electron chi connectivity index (χ2n) is 5.35. The SMILES string of the molecule is Cc1cccc(C2(C(=O)c3ccccn3)CCC2)c1. The third-order valence-electron chi connectivity index (χ3n) is 4.11. The molecule has 0 N–H and O–H groups in total. The number of carbonyl (C=O) groups excluding carboxylic acids is 1. The van der Waals surface area contributed by atoms with E-state index in [4.69, 9.17) is 0 Å². The van der Waals surface area contributed by atoms with Crippen LogP contribution >= 0.6 is 0 Å². The highest BCUT2D eigenvalue weighted by Crippen LogP contribution is 2.46. The van der Waals surface area contributed by atoms with E-state index >= 15 is 0 Å². The van der Waals surface area contributed by atoms with Crippen molar-refractivity contribution < 1.29 is 4.79 Å². The molecule has 0 aliphatic heterocycles. The van der Waals surface area contributed by atoms with Crippen molar-refractivity contribution in [1.29, 1.82) is 0 Å². The van der Waals surface area contributed by atoms with E-state index in [0.717, 1.165) is 24.8 Å². The maximum absolute atomic E-state index is 12.8. The first-order valence-corrected chi connectivity index (χ1v) is 6.75. The van der Waals surface area contributed by atoms with E-state index < -0.39 is 0 Å². The minimum absolute atomic E-state index is 0.171. The number of hydrogen-bond donors (Lipinski definition) is 0. The van der Waals surface area contributed by atoms with Crippen LogP contribution in [0.5, 0.6) is 0 Å². The summed E-state index contributed by atoms with van der Waals surface area (Å²) in [7, 11) is 0. The average Bonchev–Trinajstić information content (AvgIpc) is 2.38. The van der Waals surface area contributed by atoms with E-state index in [2.05, 4.69) is 30.1 Å². The van der Waals surface area contributed by atoms with Crippen molar-refractivity contribution in [2.75, 3.05) is 0 Å². The van der Waals surface area contributed by atoms with E-state index in [0.29, 0.717) is 5.69 Å². The highest BCUT2D eigenvalue weighted by atomic mass is 16.1. The Morgan fingerprint density at radius 3 is 2.58 bits per heavy atom. The van der Waals surface area contributed by atoms with Gasteiger partial charge in [-0.05, 0) is 37.5 Å². The molecule has 2 heteroatoms. The van der Waals surface area contributed by atoms with E-state index in [1.54, 1.807) is 6.20 Å². The third kappa shape index (κ3) is 1.97. The maximum Gasteiger partial charge on any atom is 0.191 e. The molecule has 1 saturated carbocycles. The highest BCUT2D eigenvalue weighted by Gasteiger charge is 2.46. The Morgan fingerprint density at radius 1 is 1.16 bits per heavy atom. The Hall–Kier alpha value is -1.96. The molecule has 0 radical (unpaired) electrons. The summed E-state index contributed by atoms with van der Waals surface area (Å²) in [5.74, 6) is 0.171. The molecule has 2 aromatic rings. The van der Waals surface area contributed by atoms with Gasteiger partial charge in [-0.2, -0.15) is 0 Å². The largest absolute Gasteiger partial charge is 0.291 e. The van der Waals surface area contributed by atoms with Gasteiger partial charge in [-0.15, -0.1) is 0 Å². The fourth-order valence-electron chi connectivity index (χ4n) is 2.86. The van der Waals surface area contributed by atoms with E-state index in [9.17, 15) is 4.79 Å². The molecule has 1 aromatic heterocycles. The van der Waals surface area contributed by atoms with Gasteiger partial charge < -0.3 is 0 Å².